The lowest BCUT2D eigenvalue weighted by molar-refractivity contribution is 0.903. The molecule has 0 amide bonds. The van der Waals surface area contributed by atoms with Gasteiger partial charge in [0, 0.05) is 12.7 Å². The SMILES string of the molecule is Cc1cc(Cl)nc(-c2ncc(Cl)n2C)n1. The van der Waals surface area contributed by atoms with Crippen molar-refractivity contribution in [1.29, 1.82) is 0 Å². The molecule has 0 saturated heterocycles. The maximum absolute atomic E-state index is 5.87. The molecular formula is C9H8Cl2N4. The van der Waals surface area contributed by atoms with Crippen LogP contribution in [0.1, 0.15) is 5.69 Å². The predicted octanol–water partition coefficient (Wildman–Crippen LogP) is 2.49. The van der Waals surface area contributed by atoms with E-state index in [0.717, 1.165) is 5.69 Å². The molecule has 0 radical (unpaired) electrons. The van der Waals surface area contributed by atoms with Gasteiger partial charge in [0.1, 0.15) is 10.3 Å². The summed E-state index contributed by atoms with van der Waals surface area (Å²) in [5, 5.41) is 0.933. The normalized spacial score (nSPS) is 10.7. The number of halogens is 2. The van der Waals surface area contributed by atoms with Gasteiger partial charge in [-0.2, -0.15) is 0 Å². The highest BCUT2D eigenvalue weighted by Gasteiger charge is 2.11. The maximum Gasteiger partial charge on any atom is 0.197 e. The fourth-order valence-electron chi connectivity index (χ4n) is 1.23. The average molecular weight is 243 g/mol. The predicted molar refractivity (Wildman–Crippen MR) is 59.0 cm³/mol. The van der Waals surface area contributed by atoms with Crippen LogP contribution in [0.4, 0.5) is 0 Å². The van der Waals surface area contributed by atoms with E-state index in [9.17, 15) is 0 Å². The molecule has 2 rings (SSSR count). The van der Waals surface area contributed by atoms with Crippen LogP contribution in [0.15, 0.2) is 12.3 Å². The van der Waals surface area contributed by atoms with Gasteiger partial charge < -0.3 is 4.57 Å². The largest absolute Gasteiger partial charge is 0.316 e. The Morgan fingerprint density at radius 3 is 2.53 bits per heavy atom. The van der Waals surface area contributed by atoms with Gasteiger partial charge in [-0.1, -0.05) is 23.2 Å². The van der Waals surface area contributed by atoms with Crippen molar-refractivity contribution in [3.63, 3.8) is 0 Å². The zero-order valence-electron chi connectivity index (χ0n) is 8.20. The Hall–Kier alpha value is -1.13. The van der Waals surface area contributed by atoms with Gasteiger partial charge in [-0.05, 0) is 13.0 Å². The Labute approximate surface area is 96.9 Å². The van der Waals surface area contributed by atoms with Crippen LogP contribution in [-0.2, 0) is 7.05 Å². The molecule has 2 heterocycles. The maximum atomic E-state index is 5.87. The first kappa shape index (κ1) is 10.4. The molecular weight excluding hydrogens is 235 g/mol. The van der Waals surface area contributed by atoms with Crippen LogP contribution >= 0.6 is 23.2 Å². The minimum absolute atomic E-state index is 0.400. The summed E-state index contributed by atoms with van der Waals surface area (Å²) in [6.45, 7) is 1.85. The van der Waals surface area contributed by atoms with Gasteiger partial charge in [-0.15, -0.1) is 0 Å². The summed E-state index contributed by atoms with van der Waals surface area (Å²) < 4.78 is 1.70. The molecule has 0 unspecified atom stereocenters. The van der Waals surface area contributed by atoms with Gasteiger partial charge in [0.15, 0.2) is 11.6 Å². The molecule has 0 atom stereocenters. The van der Waals surface area contributed by atoms with Crippen LogP contribution in [0.2, 0.25) is 10.3 Å². The molecule has 0 N–H and O–H groups in total. The molecule has 0 saturated carbocycles. The Kier molecular flexibility index (Phi) is 2.63. The monoisotopic (exact) mass is 242 g/mol. The highest BCUT2D eigenvalue weighted by Crippen LogP contribution is 2.19. The van der Waals surface area contributed by atoms with Gasteiger partial charge in [0.05, 0.1) is 6.20 Å². The fourth-order valence-corrected chi connectivity index (χ4v) is 1.59. The van der Waals surface area contributed by atoms with Gasteiger partial charge in [0.2, 0.25) is 0 Å². The smallest absolute Gasteiger partial charge is 0.197 e. The number of nitrogens with zero attached hydrogens (tertiary/aromatic N) is 4. The van der Waals surface area contributed by atoms with E-state index in [1.807, 2.05) is 6.92 Å². The third-order valence-corrected chi connectivity index (χ3v) is 2.50. The topological polar surface area (TPSA) is 43.6 Å². The van der Waals surface area contributed by atoms with E-state index in [-0.39, 0.29) is 0 Å². The van der Waals surface area contributed by atoms with Crippen molar-refractivity contribution in [3.05, 3.63) is 28.3 Å². The minimum Gasteiger partial charge on any atom is -0.316 e. The van der Waals surface area contributed by atoms with E-state index in [0.29, 0.717) is 22.0 Å². The van der Waals surface area contributed by atoms with E-state index in [4.69, 9.17) is 23.2 Å². The summed E-state index contributed by atoms with van der Waals surface area (Å²) >= 11 is 11.7. The number of aryl methyl sites for hydroxylation is 1. The molecule has 4 nitrogen and oxygen atoms in total. The number of aromatic nitrogens is 4. The molecule has 0 aromatic carbocycles. The molecule has 78 valence electrons. The Morgan fingerprint density at radius 1 is 1.27 bits per heavy atom. The molecule has 0 aliphatic heterocycles. The third-order valence-electron chi connectivity index (χ3n) is 1.95. The van der Waals surface area contributed by atoms with Crippen LogP contribution in [0.5, 0.6) is 0 Å². The summed E-state index contributed by atoms with van der Waals surface area (Å²) in [6.07, 6.45) is 1.55. The Bertz CT molecular complexity index is 487. The summed E-state index contributed by atoms with van der Waals surface area (Å²) in [5.41, 5.74) is 0.795. The second-order valence-corrected chi connectivity index (χ2v) is 3.89. The Balaban J connectivity index is 2.58. The third kappa shape index (κ3) is 1.96. The van der Waals surface area contributed by atoms with Gasteiger partial charge in [-0.25, -0.2) is 15.0 Å². The van der Waals surface area contributed by atoms with E-state index in [1.54, 1.807) is 23.9 Å². The molecule has 2 aromatic rings. The summed E-state index contributed by atoms with van der Waals surface area (Å²) in [5.74, 6) is 1.08. The fraction of sp³-hybridized carbons (Fsp3) is 0.222. The van der Waals surface area contributed by atoms with Crippen molar-refractivity contribution >= 4 is 23.2 Å². The highest BCUT2D eigenvalue weighted by molar-refractivity contribution is 6.30. The van der Waals surface area contributed by atoms with Crippen molar-refractivity contribution in [2.75, 3.05) is 0 Å². The second kappa shape index (κ2) is 3.79. The van der Waals surface area contributed by atoms with Crippen molar-refractivity contribution in [2.45, 2.75) is 6.92 Å². The molecule has 15 heavy (non-hydrogen) atoms. The molecule has 0 spiro atoms. The number of hydrogen-bond donors (Lipinski definition) is 0. The lowest BCUT2D eigenvalue weighted by Crippen LogP contribution is -1.99. The number of rotatable bonds is 1. The van der Waals surface area contributed by atoms with Crippen LogP contribution in [0.3, 0.4) is 0 Å². The molecule has 0 aliphatic rings. The quantitative estimate of drug-likeness (QED) is 0.722. The first-order valence-corrected chi connectivity index (χ1v) is 5.02. The number of hydrogen-bond acceptors (Lipinski definition) is 3. The average Bonchev–Trinajstić information content (AvgIpc) is 2.46. The van der Waals surface area contributed by atoms with E-state index in [2.05, 4.69) is 15.0 Å². The first-order valence-electron chi connectivity index (χ1n) is 4.26. The van der Waals surface area contributed by atoms with Crippen LogP contribution in [-0.4, -0.2) is 19.5 Å². The van der Waals surface area contributed by atoms with Gasteiger partial charge >= 0.3 is 0 Å². The molecule has 6 heteroatoms. The first-order chi connectivity index (χ1) is 7.08. The zero-order valence-corrected chi connectivity index (χ0v) is 9.71. The Morgan fingerprint density at radius 2 is 2.00 bits per heavy atom. The second-order valence-electron chi connectivity index (χ2n) is 3.12. The van der Waals surface area contributed by atoms with E-state index < -0.39 is 0 Å². The zero-order chi connectivity index (χ0) is 11.0. The number of imidazole rings is 1. The van der Waals surface area contributed by atoms with E-state index >= 15 is 0 Å². The lowest BCUT2D eigenvalue weighted by atomic mass is 10.4. The van der Waals surface area contributed by atoms with Crippen molar-refractivity contribution in [1.82, 2.24) is 19.5 Å². The molecule has 2 aromatic heterocycles. The van der Waals surface area contributed by atoms with Crippen LogP contribution in [0, 0.1) is 6.92 Å². The van der Waals surface area contributed by atoms with E-state index in [1.165, 1.54) is 0 Å². The van der Waals surface area contributed by atoms with Crippen molar-refractivity contribution < 1.29 is 0 Å². The summed E-state index contributed by atoms with van der Waals surface area (Å²) in [6, 6.07) is 1.69. The standard InChI is InChI=1S/C9H8Cl2N4/c1-5-3-6(10)14-8(13-5)9-12-4-7(11)15(9)2/h3-4H,1-2H3. The summed E-state index contributed by atoms with van der Waals surface area (Å²) in [4.78, 5) is 12.4. The molecule has 0 bridgehead atoms. The van der Waals surface area contributed by atoms with Gasteiger partial charge in [-0.3, -0.25) is 0 Å². The van der Waals surface area contributed by atoms with Gasteiger partial charge in [0.25, 0.3) is 0 Å². The lowest BCUT2D eigenvalue weighted by Gasteiger charge is -2.02. The molecule has 0 aliphatic carbocycles. The van der Waals surface area contributed by atoms with Crippen LogP contribution in [0.25, 0.3) is 11.6 Å². The molecule has 0 fully saturated rings. The van der Waals surface area contributed by atoms with Crippen molar-refractivity contribution in [3.8, 4) is 11.6 Å². The van der Waals surface area contributed by atoms with Crippen molar-refractivity contribution in [2.24, 2.45) is 7.05 Å². The van der Waals surface area contributed by atoms with Crippen LogP contribution < -0.4 is 0 Å². The summed E-state index contributed by atoms with van der Waals surface area (Å²) in [7, 11) is 1.80. The highest BCUT2D eigenvalue weighted by atomic mass is 35.5. The minimum atomic E-state index is 0.400.